The Labute approximate surface area is 477 Å². The van der Waals surface area contributed by atoms with Crippen LogP contribution in [0.2, 0.25) is 0 Å². The number of hydrogen-bond acceptors (Lipinski definition) is 9. The summed E-state index contributed by atoms with van der Waals surface area (Å²) in [5, 5.41) is 20.4. The van der Waals surface area contributed by atoms with Gasteiger partial charge < -0.3 is 46.6 Å². The molecule has 3 aliphatic rings. The topological polar surface area (TPSA) is 201 Å². The summed E-state index contributed by atoms with van der Waals surface area (Å²) in [5.41, 5.74) is 4.89. The van der Waals surface area contributed by atoms with E-state index >= 15 is 9.59 Å². The third-order valence-electron chi connectivity index (χ3n) is 16.6. The minimum absolute atomic E-state index is 0.0450. The van der Waals surface area contributed by atoms with Gasteiger partial charge >= 0.3 is 0 Å². The van der Waals surface area contributed by atoms with Gasteiger partial charge in [0.25, 0.3) is 5.91 Å². The van der Waals surface area contributed by atoms with Crippen molar-refractivity contribution in [1.82, 2.24) is 46.6 Å². The van der Waals surface area contributed by atoms with Crippen molar-refractivity contribution in [2.75, 3.05) is 27.2 Å². The highest BCUT2D eigenvalue weighted by Gasteiger charge is 2.47. The number of rotatable bonds is 18. The van der Waals surface area contributed by atoms with Crippen LogP contribution in [0.15, 0.2) is 115 Å². The van der Waals surface area contributed by atoms with Crippen LogP contribution in [0.4, 0.5) is 0 Å². The van der Waals surface area contributed by atoms with Gasteiger partial charge in [0.15, 0.2) is 0 Å². The molecule has 6 N–H and O–H groups in total. The molecule has 1 saturated heterocycles. The number of aryl methyl sites for hydroxylation is 1. The highest BCUT2D eigenvalue weighted by molar-refractivity contribution is 5.97. The van der Waals surface area contributed by atoms with Crippen molar-refractivity contribution in [2.45, 2.75) is 155 Å². The number of hydrogen-bond donors (Lipinski definition) is 6. The maximum Gasteiger partial charge on any atom is 0.251 e. The van der Waals surface area contributed by atoms with Crippen LogP contribution in [0.1, 0.15) is 124 Å². The van der Waals surface area contributed by atoms with Gasteiger partial charge in [0.2, 0.25) is 35.4 Å². The van der Waals surface area contributed by atoms with E-state index in [9.17, 15) is 24.0 Å². The Hall–Kier alpha value is -7.43. The first-order chi connectivity index (χ1) is 38.5. The molecule has 0 aromatic heterocycles. The fourth-order valence-corrected chi connectivity index (χ4v) is 11.4. The highest BCUT2D eigenvalue weighted by Crippen LogP contribution is 2.33. The van der Waals surface area contributed by atoms with Crippen molar-refractivity contribution in [3.63, 3.8) is 0 Å². The van der Waals surface area contributed by atoms with Crippen molar-refractivity contribution in [3.05, 3.63) is 154 Å². The molecule has 2 aliphatic heterocycles. The van der Waals surface area contributed by atoms with Gasteiger partial charge in [-0.3, -0.25) is 33.6 Å². The van der Waals surface area contributed by atoms with Gasteiger partial charge in [0.1, 0.15) is 24.2 Å². The quantitative estimate of drug-likeness (QED) is 0.0564. The van der Waals surface area contributed by atoms with Crippen molar-refractivity contribution in [2.24, 2.45) is 10.8 Å². The maximum atomic E-state index is 15.5. The summed E-state index contributed by atoms with van der Waals surface area (Å²) in [5.74, 6) is -2.37. The fourth-order valence-electron chi connectivity index (χ4n) is 11.4. The Morgan fingerprint density at radius 1 is 0.630 bits per heavy atom. The summed E-state index contributed by atoms with van der Waals surface area (Å²) in [7, 11) is 3.36. The molecule has 16 nitrogen and oxygen atoms in total. The highest BCUT2D eigenvalue weighted by atomic mass is 16.2. The van der Waals surface area contributed by atoms with E-state index in [1.165, 1.54) is 10.5 Å². The molecular formula is C65H83N9O7. The third-order valence-corrected chi connectivity index (χ3v) is 16.6. The molecule has 2 unspecified atom stereocenters. The van der Waals surface area contributed by atoms with Gasteiger partial charge in [-0.1, -0.05) is 145 Å². The van der Waals surface area contributed by atoms with Crippen molar-refractivity contribution >= 4 is 52.1 Å². The van der Waals surface area contributed by atoms with Crippen LogP contribution in [-0.4, -0.2) is 126 Å². The van der Waals surface area contributed by atoms with Crippen LogP contribution in [0.3, 0.4) is 0 Å². The van der Waals surface area contributed by atoms with Gasteiger partial charge in [0.05, 0.1) is 18.1 Å². The average molecular weight is 1100 g/mol. The Morgan fingerprint density at radius 2 is 1.20 bits per heavy atom. The molecule has 5 aromatic carbocycles. The summed E-state index contributed by atoms with van der Waals surface area (Å²) in [6.45, 7) is 15.5. The van der Waals surface area contributed by atoms with E-state index in [2.05, 4.69) is 68.3 Å². The molecule has 5 aromatic rings. The van der Waals surface area contributed by atoms with Crippen molar-refractivity contribution < 1.29 is 33.6 Å². The normalized spacial score (nSPS) is 19.5. The number of carbonyl (C=O) groups excluding carboxylic acids is 7. The Bertz CT molecular complexity index is 3110. The second kappa shape index (κ2) is 25.6. The lowest BCUT2D eigenvalue weighted by Crippen LogP contribution is -2.62. The van der Waals surface area contributed by atoms with E-state index < -0.39 is 64.9 Å². The third kappa shape index (κ3) is 14.2. The molecule has 0 bridgehead atoms. The summed E-state index contributed by atoms with van der Waals surface area (Å²) in [6, 6.07) is 31.8. The van der Waals surface area contributed by atoms with Gasteiger partial charge in [-0.05, 0) is 127 Å². The number of amides is 7. The minimum atomic E-state index is -0.967. The SMILES string of the molecule is CN[C@@H](C)C(=O)N[C@H](C(=O)N1CC(NC(=O)c2ccc(CN(CCc3ccc4ccccc4c3)C(=O)[C@@H]3Cc4ccccc4CN3C(=O)[C@@H](NC(=O)[C@H](C)NC)C(C)(C)C)cc2)C[C@H]1C(=O)NC1CCCc2ccccc21)C(C)(C)C. The number of benzene rings is 5. The molecule has 2 heterocycles. The Morgan fingerprint density at radius 3 is 1.83 bits per heavy atom. The zero-order chi connectivity index (χ0) is 58.3. The Balaban J connectivity index is 1.04. The van der Waals surface area contributed by atoms with E-state index in [1.54, 1.807) is 49.9 Å². The van der Waals surface area contributed by atoms with Crippen LogP contribution in [0.5, 0.6) is 0 Å². The van der Waals surface area contributed by atoms with E-state index in [4.69, 9.17) is 0 Å². The zero-order valence-corrected chi connectivity index (χ0v) is 48.9. The fraction of sp³-hybridized carbons (Fsp3) is 0.462. The van der Waals surface area contributed by atoms with Crippen LogP contribution in [0, 0.1) is 10.8 Å². The van der Waals surface area contributed by atoms with E-state index in [-0.39, 0.29) is 68.1 Å². The number of likely N-dealkylation sites (N-methyl/N-ethyl adjacent to an activating group) is 2. The summed E-state index contributed by atoms with van der Waals surface area (Å²) >= 11 is 0. The molecule has 1 aliphatic carbocycles. The van der Waals surface area contributed by atoms with Gasteiger partial charge in [-0.2, -0.15) is 0 Å². The van der Waals surface area contributed by atoms with Crippen molar-refractivity contribution in [1.29, 1.82) is 0 Å². The molecule has 1 fully saturated rings. The second-order valence-electron chi connectivity index (χ2n) is 24.5. The predicted molar refractivity (Wildman–Crippen MR) is 315 cm³/mol. The standard InChI is InChI=1S/C65H83N9O7/c1-40(66-9)57(75)70-55(64(3,4)5)62(80)73-38-49-22-14-13-21-48(49)35-54(73)61(79)72(33-32-42-26-29-44-18-11-12-20-47(44)34-42)37-43-27-30-46(31-28-43)59(77)68-50-36-53(60(78)69-52-25-17-23-45-19-15-16-24-51(45)52)74(39-50)63(81)56(65(6,7)8)71-58(76)41(2)67-10/h11-16,18-22,24,26-31,34,40-41,50,52-56,66-67H,17,23,25,32-33,35-39H2,1-10H3,(H,68,77)(H,69,78)(H,70,75)(H,71,76)/t40-,41-,50?,52?,53-,54-,55+,56+/m0/s1. The minimum Gasteiger partial charge on any atom is -0.347 e. The molecule has 0 spiro atoms. The van der Waals surface area contributed by atoms with E-state index in [0.717, 1.165) is 57.9 Å². The van der Waals surface area contributed by atoms with E-state index in [0.29, 0.717) is 18.5 Å². The number of carbonyl (C=O) groups is 7. The molecule has 81 heavy (non-hydrogen) atoms. The first kappa shape index (κ1) is 59.7. The van der Waals surface area contributed by atoms with Gasteiger partial charge in [-0.15, -0.1) is 0 Å². The molecular weight excluding hydrogens is 1020 g/mol. The predicted octanol–water partition coefficient (Wildman–Crippen LogP) is 6.54. The summed E-state index contributed by atoms with van der Waals surface area (Å²) < 4.78 is 0. The number of fused-ring (bicyclic) bond motifs is 3. The largest absolute Gasteiger partial charge is 0.347 e. The summed E-state index contributed by atoms with van der Waals surface area (Å²) in [6.07, 6.45) is 3.54. The lowest BCUT2D eigenvalue weighted by molar-refractivity contribution is -0.151. The molecule has 7 amide bonds. The molecule has 0 saturated carbocycles. The van der Waals surface area contributed by atoms with Crippen LogP contribution >= 0.6 is 0 Å². The van der Waals surface area contributed by atoms with Crippen LogP contribution in [-0.2, 0) is 61.1 Å². The second-order valence-corrected chi connectivity index (χ2v) is 24.5. The molecule has 8 atom stereocenters. The first-order valence-electron chi connectivity index (χ1n) is 28.7. The summed E-state index contributed by atoms with van der Waals surface area (Å²) in [4.78, 5) is 106. The number of nitrogens with zero attached hydrogens (tertiary/aromatic N) is 3. The molecule has 0 radical (unpaired) electrons. The molecule has 430 valence electrons. The average Bonchev–Trinajstić information content (AvgIpc) is 4.03. The maximum absolute atomic E-state index is 15.5. The van der Waals surface area contributed by atoms with Crippen LogP contribution < -0.4 is 31.9 Å². The first-order valence-corrected chi connectivity index (χ1v) is 28.7. The van der Waals surface area contributed by atoms with Gasteiger partial charge in [-0.25, -0.2) is 0 Å². The number of likely N-dealkylation sites (tertiary alicyclic amines) is 1. The van der Waals surface area contributed by atoms with Crippen molar-refractivity contribution in [3.8, 4) is 0 Å². The zero-order valence-electron chi connectivity index (χ0n) is 48.9. The molecule has 16 heteroatoms. The van der Waals surface area contributed by atoms with Crippen LogP contribution in [0.25, 0.3) is 10.8 Å². The van der Waals surface area contributed by atoms with E-state index in [1.807, 2.05) is 108 Å². The van der Waals surface area contributed by atoms with Gasteiger partial charge in [0, 0.05) is 44.2 Å². The lowest BCUT2D eigenvalue weighted by Gasteiger charge is -2.42. The molecule has 8 rings (SSSR count). The lowest BCUT2D eigenvalue weighted by atomic mass is 9.84. The Kier molecular flexibility index (Phi) is 18.8. The monoisotopic (exact) mass is 1100 g/mol. The number of nitrogens with one attached hydrogen (secondary N) is 6. The smallest absolute Gasteiger partial charge is 0.251 e.